The van der Waals surface area contributed by atoms with Crippen molar-refractivity contribution in [3.63, 3.8) is 0 Å². The predicted molar refractivity (Wildman–Crippen MR) is 111 cm³/mol. The Hall–Kier alpha value is -3.25. The van der Waals surface area contributed by atoms with Gasteiger partial charge in [0.25, 0.3) is 5.91 Å². The number of amides is 1. The summed E-state index contributed by atoms with van der Waals surface area (Å²) in [7, 11) is -0.808. The second kappa shape index (κ2) is 8.41. The van der Waals surface area contributed by atoms with Crippen molar-refractivity contribution in [2.24, 2.45) is 0 Å². The third-order valence-corrected chi connectivity index (χ3v) is 4.80. The molecule has 0 fully saturated rings. The molecule has 0 aliphatic heterocycles. The Morgan fingerprint density at radius 1 is 1.07 bits per heavy atom. The third-order valence-electron chi connectivity index (χ3n) is 4.21. The number of benzene rings is 2. The fourth-order valence-corrected chi connectivity index (χ4v) is 3.15. The average molecular weight is 417 g/mol. The van der Waals surface area contributed by atoms with E-state index in [1.165, 1.54) is 26.4 Å². The van der Waals surface area contributed by atoms with Crippen LogP contribution in [0.5, 0.6) is 11.5 Å². The molecule has 0 saturated carbocycles. The zero-order chi connectivity index (χ0) is 21.8. The van der Waals surface area contributed by atoms with E-state index in [4.69, 9.17) is 9.47 Å². The molecule has 8 nitrogen and oxygen atoms in total. The summed E-state index contributed by atoms with van der Waals surface area (Å²) in [6.45, 7) is 3.60. The highest BCUT2D eigenvalue weighted by molar-refractivity contribution is 7.92. The van der Waals surface area contributed by atoms with Crippen molar-refractivity contribution in [1.82, 2.24) is 0 Å². The molecule has 0 spiro atoms. The molecule has 0 bridgehead atoms. The van der Waals surface area contributed by atoms with Crippen molar-refractivity contribution in [3.8, 4) is 17.6 Å². The Kier molecular flexibility index (Phi) is 6.39. The highest BCUT2D eigenvalue weighted by Crippen LogP contribution is 2.34. The number of nitrogens with zero attached hydrogens (tertiary/aromatic N) is 1. The molecule has 2 N–H and O–H groups in total. The maximum absolute atomic E-state index is 12.8. The molecular formula is C20H23N3O5S. The second-order valence-electron chi connectivity index (χ2n) is 6.90. The van der Waals surface area contributed by atoms with Crippen molar-refractivity contribution < 1.29 is 22.7 Å². The molecule has 2 aromatic rings. The maximum atomic E-state index is 12.8. The molecular weight excluding hydrogens is 394 g/mol. The van der Waals surface area contributed by atoms with Crippen LogP contribution in [-0.2, 0) is 15.4 Å². The number of rotatable bonds is 7. The molecule has 0 aliphatic carbocycles. The minimum atomic E-state index is -3.63. The summed E-state index contributed by atoms with van der Waals surface area (Å²) in [5.74, 6) is 0.0190. The van der Waals surface area contributed by atoms with Gasteiger partial charge in [0.1, 0.15) is 0 Å². The van der Waals surface area contributed by atoms with E-state index in [-0.39, 0.29) is 22.7 Å². The number of nitriles is 1. The van der Waals surface area contributed by atoms with Crippen LogP contribution in [-0.4, -0.2) is 34.8 Å². The highest BCUT2D eigenvalue weighted by atomic mass is 32.2. The fourth-order valence-electron chi connectivity index (χ4n) is 2.58. The van der Waals surface area contributed by atoms with Gasteiger partial charge in [-0.05, 0) is 37.6 Å². The number of hydrogen-bond donors (Lipinski definition) is 2. The number of carbonyl (C=O) groups excluding carboxylic acids is 1. The van der Waals surface area contributed by atoms with E-state index in [2.05, 4.69) is 16.1 Å². The molecule has 0 atom stereocenters. The molecule has 0 saturated heterocycles. The molecule has 2 aromatic carbocycles. The van der Waals surface area contributed by atoms with Crippen LogP contribution in [0.4, 0.5) is 11.4 Å². The normalized spacial score (nSPS) is 11.3. The minimum absolute atomic E-state index is 0.0601. The number of sulfonamides is 1. The van der Waals surface area contributed by atoms with Gasteiger partial charge in [0.2, 0.25) is 10.0 Å². The molecule has 0 aliphatic rings. The van der Waals surface area contributed by atoms with Gasteiger partial charge in [-0.3, -0.25) is 9.52 Å². The van der Waals surface area contributed by atoms with Gasteiger partial charge in [0.05, 0.1) is 43.2 Å². The van der Waals surface area contributed by atoms with Crippen molar-refractivity contribution in [2.45, 2.75) is 19.3 Å². The quantitative estimate of drug-likeness (QED) is 0.715. The van der Waals surface area contributed by atoms with Gasteiger partial charge >= 0.3 is 0 Å². The highest BCUT2D eigenvalue weighted by Gasteiger charge is 2.21. The van der Waals surface area contributed by atoms with E-state index in [9.17, 15) is 18.5 Å². The fraction of sp³-hybridized carbons (Fsp3) is 0.300. The monoisotopic (exact) mass is 417 g/mol. The summed E-state index contributed by atoms with van der Waals surface area (Å²) in [5.41, 5.74) is 0.772. The van der Waals surface area contributed by atoms with Crippen LogP contribution in [0.15, 0.2) is 36.4 Å². The summed E-state index contributed by atoms with van der Waals surface area (Å²) in [4.78, 5) is 12.8. The average Bonchev–Trinajstić information content (AvgIpc) is 2.66. The van der Waals surface area contributed by atoms with Crippen molar-refractivity contribution in [3.05, 3.63) is 47.5 Å². The largest absolute Gasteiger partial charge is 0.493 e. The first-order chi connectivity index (χ1) is 13.5. The van der Waals surface area contributed by atoms with Gasteiger partial charge in [-0.2, -0.15) is 5.26 Å². The standard InChI is InChI=1S/C20H23N3O5S/c1-20(2,12-21)13-6-8-14(9-7-13)22-19(24)15-10-17(27-3)18(28-4)11-16(15)23-29(5,25)26/h6-11,23H,1-5H3,(H,22,24). The Labute approximate surface area is 170 Å². The van der Waals surface area contributed by atoms with E-state index in [1.807, 2.05) is 0 Å². The first kappa shape index (κ1) is 22.0. The number of ether oxygens (including phenoxy) is 2. The summed E-state index contributed by atoms with van der Waals surface area (Å²) >= 11 is 0. The van der Waals surface area contributed by atoms with Crippen molar-refractivity contribution >= 4 is 27.3 Å². The van der Waals surface area contributed by atoms with E-state index in [0.29, 0.717) is 5.69 Å². The van der Waals surface area contributed by atoms with Crippen LogP contribution in [0.3, 0.4) is 0 Å². The lowest BCUT2D eigenvalue weighted by atomic mass is 9.86. The minimum Gasteiger partial charge on any atom is -0.493 e. The molecule has 29 heavy (non-hydrogen) atoms. The zero-order valence-electron chi connectivity index (χ0n) is 16.9. The topological polar surface area (TPSA) is 118 Å². The lowest BCUT2D eigenvalue weighted by Gasteiger charge is -2.17. The maximum Gasteiger partial charge on any atom is 0.257 e. The Morgan fingerprint density at radius 3 is 2.10 bits per heavy atom. The van der Waals surface area contributed by atoms with Crippen LogP contribution in [0, 0.1) is 11.3 Å². The Morgan fingerprint density at radius 2 is 1.62 bits per heavy atom. The second-order valence-corrected chi connectivity index (χ2v) is 8.64. The summed E-state index contributed by atoms with van der Waals surface area (Å²) in [5, 5.41) is 11.9. The van der Waals surface area contributed by atoms with Crippen LogP contribution in [0.25, 0.3) is 0 Å². The SMILES string of the molecule is COc1cc(NS(C)(=O)=O)c(C(=O)Nc2ccc(C(C)(C)C#N)cc2)cc1OC. The van der Waals surface area contributed by atoms with Crippen molar-refractivity contribution in [2.75, 3.05) is 30.5 Å². The summed E-state index contributed by atoms with van der Waals surface area (Å²) < 4.78 is 36.1. The van der Waals surface area contributed by atoms with Crippen LogP contribution < -0.4 is 19.5 Å². The first-order valence-corrected chi connectivity index (χ1v) is 10.5. The molecule has 2 rings (SSSR count). The lowest BCUT2D eigenvalue weighted by Crippen LogP contribution is -2.18. The van der Waals surface area contributed by atoms with E-state index >= 15 is 0 Å². The van der Waals surface area contributed by atoms with Gasteiger partial charge in [-0.25, -0.2) is 8.42 Å². The summed E-state index contributed by atoms with van der Waals surface area (Å²) in [6.07, 6.45) is 0.987. The first-order valence-electron chi connectivity index (χ1n) is 8.57. The van der Waals surface area contributed by atoms with Crippen molar-refractivity contribution in [1.29, 1.82) is 5.26 Å². The van der Waals surface area contributed by atoms with Gasteiger partial charge < -0.3 is 14.8 Å². The van der Waals surface area contributed by atoms with Crippen LogP contribution >= 0.6 is 0 Å². The predicted octanol–water partition coefficient (Wildman–Crippen LogP) is 3.13. The molecule has 0 heterocycles. The Bertz CT molecular complexity index is 1050. The number of hydrogen-bond acceptors (Lipinski definition) is 6. The molecule has 9 heteroatoms. The van der Waals surface area contributed by atoms with E-state index in [1.54, 1.807) is 38.1 Å². The van der Waals surface area contributed by atoms with Crippen LogP contribution in [0.1, 0.15) is 29.8 Å². The van der Waals surface area contributed by atoms with E-state index in [0.717, 1.165) is 11.8 Å². The number of anilines is 2. The molecule has 0 unspecified atom stereocenters. The van der Waals surface area contributed by atoms with E-state index < -0.39 is 21.3 Å². The van der Waals surface area contributed by atoms with Gasteiger partial charge in [-0.1, -0.05) is 12.1 Å². The third kappa shape index (κ3) is 5.39. The summed E-state index contributed by atoms with van der Waals surface area (Å²) in [6, 6.07) is 11.9. The molecule has 0 aromatic heterocycles. The smallest absolute Gasteiger partial charge is 0.257 e. The van der Waals surface area contributed by atoms with Gasteiger partial charge in [-0.15, -0.1) is 0 Å². The number of carbonyl (C=O) groups is 1. The Balaban J connectivity index is 2.40. The van der Waals surface area contributed by atoms with Gasteiger partial charge in [0.15, 0.2) is 11.5 Å². The molecule has 1 amide bonds. The lowest BCUT2D eigenvalue weighted by molar-refractivity contribution is 0.102. The molecule has 154 valence electrons. The van der Waals surface area contributed by atoms with Crippen LogP contribution in [0.2, 0.25) is 0 Å². The van der Waals surface area contributed by atoms with Gasteiger partial charge in [0, 0.05) is 11.8 Å². The zero-order valence-corrected chi connectivity index (χ0v) is 17.7. The number of nitrogens with one attached hydrogen (secondary N) is 2. The molecule has 0 radical (unpaired) electrons. The number of methoxy groups -OCH3 is 2.